The molecule has 2 aromatic carbocycles. The number of carbonyl (C=O) groups excluding carboxylic acids is 2. The van der Waals surface area contributed by atoms with Crippen molar-refractivity contribution in [2.45, 2.75) is 19.9 Å². The van der Waals surface area contributed by atoms with Crippen molar-refractivity contribution < 1.29 is 23.8 Å². The Hall–Kier alpha value is -2.73. The normalized spacial score (nSPS) is 11.4. The van der Waals surface area contributed by atoms with Gasteiger partial charge < -0.3 is 19.5 Å². The fraction of sp³-hybridized carbons (Fsp3) is 0.300. The first-order chi connectivity index (χ1) is 13.0. The number of amides is 1. The van der Waals surface area contributed by atoms with Gasteiger partial charge in [0.25, 0.3) is 5.91 Å². The standard InChI is InChI=1S/C20H22ClNO5/c1-4-26-17-10-9-14(11-18(17)25-3)20(24)27-12-19(23)22-13(2)15-7-5-6-8-16(15)21/h5-11,13H,4,12H2,1-3H3,(H,22,23)/t13-/m1/s1. The number of hydrogen-bond donors (Lipinski definition) is 1. The molecule has 0 heterocycles. The van der Waals surface area contributed by atoms with E-state index in [2.05, 4.69) is 5.32 Å². The Bertz CT molecular complexity index is 809. The Balaban J connectivity index is 1.93. The fourth-order valence-electron chi connectivity index (χ4n) is 2.47. The van der Waals surface area contributed by atoms with Crippen LogP contribution in [0.1, 0.15) is 35.8 Å². The molecule has 2 rings (SSSR count). The van der Waals surface area contributed by atoms with E-state index >= 15 is 0 Å². The zero-order chi connectivity index (χ0) is 19.8. The number of halogens is 1. The molecule has 0 unspecified atom stereocenters. The molecule has 0 aromatic heterocycles. The molecule has 0 spiro atoms. The predicted molar refractivity (Wildman–Crippen MR) is 102 cm³/mol. The molecule has 6 nitrogen and oxygen atoms in total. The lowest BCUT2D eigenvalue weighted by atomic mass is 10.1. The average molecular weight is 392 g/mol. The van der Waals surface area contributed by atoms with Crippen LogP contribution in [-0.2, 0) is 9.53 Å². The van der Waals surface area contributed by atoms with Gasteiger partial charge >= 0.3 is 5.97 Å². The second-order valence-electron chi connectivity index (χ2n) is 5.69. The number of benzene rings is 2. The highest BCUT2D eigenvalue weighted by Crippen LogP contribution is 2.28. The summed E-state index contributed by atoms with van der Waals surface area (Å²) in [5, 5.41) is 3.31. The predicted octanol–water partition coefficient (Wildman–Crippen LogP) is 3.78. The molecule has 0 saturated carbocycles. The van der Waals surface area contributed by atoms with Gasteiger partial charge in [-0.25, -0.2) is 4.79 Å². The molecule has 0 aliphatic heterocycles. The maximum absolute atomic E-state index is 12.2. The summed E-state index contributed by atoms with van der Waals surface area (Å²) >= 11 is 6.12. The summed E-state index contributed by atoms with van der Waals surface area (Å²) in [4.78, 5) is 24.2. The number of methoxy groups -OCH3 is 1. The molecule has 1 amide bonds. The Kier molecular flexibility index (Phi) is 7.49. The van der Waals surface area contributed by atoms with E-state index < -0.39 is 18.5 Å². The third-order valence-electron chi connectivity index (χ3n) is 3.78. The van der Waals surface area contributed by atoms with Gasteiger partial charge in [-0.2, -0.15) is 0 Å². The van der Waals surface area contributed by atoms with Crippen LogP contribution < -0.4 is 14.8 Å². The third-order valence-corrected chi connectivity index (χ3v) is 4.13. The summed E-state index contributed by atoms with van der Waals surface area (Å²) in [5.41, 5.74) is 1.05. The average Bonchev–Trinajstić information content (AvgIpc) is 2.66. The lowest BCUT2D eigenvalue weighted by Gasteiger charge is -2.16. The number of hydrogen-bond acceptors (Lipinski definition) is 5. The minimum absolute atomic E-state index is 0.266. The Morgan fingerprint density at radius 2 is 1.89 bits per heavy atom. The van der Waals surface area contributed by atoms with Gasteiger partial charge in [-0.05, 0) is 43.7 Å². The van der Waals surface area contributed by atoms with Gasteiger partial charge in [-0.15, -0.1) is 0 Å². The van der Waals surface area contributed by atoms with E-state index in [1.807, 2.05) is 25.1 Å². The summed E-state index contributed by atoms with van der Waals surface area (Å²) in [7, 11) is 1.48. The summed E-state index contributed by atoms with van der Waals surface area (Å²) in [6.07, 6.45) is 0. The van der Waals surface area contributed by atoms with E-state index in [4.69, 9.17) is 25.8 Å². The van der Waals surface area contributed by atoms with Crippen LogP contribution in [0.5, 0.6) is 11.5 Å². The van der Waals surface area contributed by atoms with Crippen molar-refractivity contribution in [3.05, 3.63) is 58.6 Å². The van der Waals surface area contributed by atoms with Gasteiger partial charge in [0.15, 0.2) is 18.1 Å². The first-order valence-electron chi connectivity index (χ1n) is 8.48. The van der Waals surface area contributed by atoms with Gasteiger partial charge in [-0.1, -0.05) is 29.8 Å². The number of esters is 1. The molecule has 0 aliphatic rings. The largest absolute Gasteiger partial charge is 0.493 e. The van der Waals surface area contributed by atoms with Crippen molar-refractivity contribution in [2.24, 2.45) is 0 Å². The molecule has 0 bridgehead atoms. The van der Waals surface area contributed by atoms with Crippen LogP contribution in [0.15, 0.2) is 42.5 Å². The molecule has 7 heteroatoms. The van der Waals surface area contributed by atoms with Gasteiger partial charge in [0.1, 0.15) is 0 Å². The first-order valence-corrected chi connectivity index (χ1v) is 8.85. The highest BCUT2D eigenvalue weighted by molar-refractivity contribution is 6.31. The molecule has 1 atom stereocenters. The van der Waals surface area contributed by atoms with Gasteiger partial charge in [0, 0.05) is 5.02 Å². The van der Waals surface area contributed by atoms with Crippen LogP contribution in [0.2, 0.25) is 5.02 Å². The summed E-state index contributed by atoms with van der Waals surface area (Å²) < 4.78 is 15.7. The molecule has 0 aliphatic carbocycles. The zero-order valence-electron chi connectivity index (χ0n) is 15.5. The van der Waals surface area contributed by atoms with E-state index in [1.165, 1.54) is 13.2 Å². The van der Waals surface area contributed by atoms with Crippen molar-refractivity contribution in [1.82, 2.24) is 5.32 Å². The molecule has 0 radical (unpaired) electrons. The quantitative estimate of drug-likeness (QED) is 0.693. The summed E-state index contributed by atoms with van der Waals surface area (Å²) in [6.45, 7) is 3.73. The highest BCUT2D eigenvalue weighted by Gasteiger charge is 2.16. The van der Waals surface area contributed by atoms with Crippen molar-refractivity contribution in [1.29, 1.82) is 0 Å². The second kappa shape index (κ2) is 9.83. The smallest absolute Gasteiger partial charge is 0.338 e. The summed E-state index contributed by atoms with van der Waals surface area (Å²) in [6, 6.07) is 11.6. The zero-order valence-corrected chi connectivity index (χ0v) is 16.2. The minimum atomic E-state index is -0.628. The van der Waals surface area contributed by atoms with E-state index in [0.717, 1.165) is 5.56 Å². The van der Waals surface area contributed by atoms with Crippen LogP contribution in [0.25, 0.3) is 0 Å². The van der Waals surface area contributed by atoms with E-state index in [-0.39, 0.29) is 11.6 Å². The number of ether oxygens (including phenoxy) is 3. The van der Waals surface area contributed by atoms with E-state index in [9.17, 15) is 9.59 Å². The third kappa shape index (κ3) is 5.62. The molecule has 144 valence electrons. The van der Waals surface area contributed by atoms with Gasteiger partial charge in [-0.3, -0.25) is 4.79 Å². The summed E-state index contributed by atoms with van der Waals surface area (Å²) in [5.74, 6) is -0.100. The van der Waals surface area contributed by atoms with Crippen molar-refractivity contribution >= 4 is 23.5 Å². The molecule has 2 aromatic rings. The van der Waals surface area contributed by atoms with Gasteiger partial charge in [0.05, 0.1) is 25.3 Å². The highest BCUT2D eigenvalue weighted by atomic mass is 35.5. The topological polar surface area (TPSA) is 73.9 Å². The lowest BCUT2D eigenvalue weighted by Crippen LogP contribution is -2.31. The molecule has 0 fully saturated rings. The van der Waals surface area contributed by atoms with Crippen molar-refractivity contribution in [3.63, 3.8) is 0 Å². The molecule has 27 heavy (non-hydrogen) atoms. The van der Waals surface area contributed by atoms with Gasteiger partial charge in [0.2, 0.25) is 0 Å². The SMILES string of the molecule is CCOc1ccc(C(=O)OCC(=O)N[C@H](C)c2ccccc2Cl)cc1OC. The van der Waals surface area contributed by atoms with Crippen LogP contribution in [0.3, 0.4) is 0 Å². The number of nitrogens with one attached hydrogen (secondary N) is 1. The number of carbonyl (C=O) groups is 2. The van der Waals surface area contributed by atoms with Crippen LogP contribution in [0, 0.1) is 0 Å². The number of rotatable bonds is 8. The van der Waals surface area contributed by atoms with E-state index in [0.29, 0.717) is 23.1 Å². The van der Waals surface area contributed by atoms with Crippen LogP contribution >= 0.6 is 11.6 Å². The van der Waals surface area contributed by atoms with Crippen LogP contribution in [0.4, 0.5) is 0 Å². The van der Waals surface area contributed by atoms with E-state index in [1.54, 1.807) is 25.1 Å². The van der Waals surface area contributed by atoms with Crippen LogP contribution in [-0.4, -0.2) is 32.2 Å². The Labute approximate surface area is 163 Å². The monoisotopic (exact) mass is 391 g/mol. The lowest BCUT2D eigenvalue weighted by molar-refractivity contribution is -0.124. The van der Waals surface area contributed by atoms with Crippen molar-refractivity contribution in [3.8, 4) is 11.5 Å². The Morgan fingerprint density at radius 1 is 1.15 bits per heavy atom. The maximum Gasteiger partial charge on any atom is 0.338 e. The fourth-order valence-corrected chi connectivity index (χ4v) is 2.77. The molecule has 1 N–H and O–H groups in total. The maximum atomic E-state index is 12.2. The second-order valence-corrected chi connectivity index (χ2v) is 6.09. The van der Waals surface area contributed by atoms with Crippen molar-refractivity contribution in [2.75, 3.05) is 20.3 Å². The molecular formula is C20H22ClNO5. The Morgan fingerprint density at radius 3 is 2.56 bits per heavy atom. The first kappa shape index (κ1) is 20.6. The molecular weight excluding hydrogens is 370 g/mol. The molecule has 0 saturated heterocycles. The minimum Gasteiger partial charge on any atom is -0.493 e.